The van der Waals surface area contributed by atoms with E-state index in [0.717, 1.165) is 5.56 Å². The Balaban J connectivity index is 2.37. The Morgan fingerprint density at radius 2 is 2.31 bits per heavy atom. The summed E-state index contributed by atoms with van der Waals surface area (Å²) >= 11 is 3.23. The number of nitrogens with zero attached hydrogens (tertiary/aromatic N) is 3. The predicted octanol–water partition coefficient (Wildman–Crippen LogP) is 1.76. The van der Waals surface area contributed by atoms with Crippen LogP contribution in [0.4, 0.5) is 0 Å². The van der Waals surface area contributed by atoms with Crippen molar-refractivity contribution in [1.29, 1.82) is 0 Å². The SMILES string of the molecule is Cc1ncn(Cc2cccnc2)c(=O)c1Br. The van der Waals surface area contributed by atoms with Crippen LogP contribution in [-0.4, -0.2) is 14.5 Å². The molecule has 0 radical (unpaired) electrons. The van der Waals surface area contributed by atoms with Gasteiger partial charge >= 0.3 is 0 Å². The summed E-state index contributed by atoms with van der Waals surface area (Å²) in [4.78, 5) is 20.0. The highest BCUT2D eigenvalue weighted by atomic mass is 79.9. The molecular formula is C11H10BrN3O. The summed E-state index contributed by atoms with van der Waals surface area (Å²) in [6.07, 6.45) is 4.99. The quantitative estimate of drug-likeness (QED) is 0.842. The molecule has 2 rings (SSSR count). The summed E-state index contributed by atoms with van der Waals surface area (Å²) in [5, 5.41) is 0. The van der Waals surface area contributed by atoms with E-state index in [-0.39, 0.29) is 5.56 Å². The highest BCUT2D eigenvalue weighted by Crippen LogP contribution is 2.07. The van der Waals surface area contributed by atoms with Gasteiger partial charge in [-0.3, -0.25) is 14.3 Å². The molecule has 5 heteroatoms. The van der Waals surface area contributed by atoms with Crippen LogP contribution in [0.15, 0.2) is 40.1 Å². The smallest absolute Gasteiger partial charge is 0.268 e. The molecule has 2 aromatic heterocycles. The van der Waals surface area contributed by atoms with E-state index in [1.54, 1.807) is 30.2 Å². The molecule has 0 amide bonds. The van der Waals surface area contributed by atoms with E-state index in [0.29, 0.717) is 16.7 Å². The molecule has 0 fully saturated rings. The van der Waals surface area contributed by atoms with Gasteiger partial charge in [0.05, 0.1) is 18.6 Å². The van der Waals surface area contributed by atoms with Gasteiger partial charge in [-0.05, 0) is 34.5 Å². The van der Waals surface area contributed by atoms with Gasteiger partial charge in [0, 0.05) is 12.4 Å². The molecule has 0 spiro atoms. The molecule has 16 heavy (non-hydrogen) atoms. The molecular weight excluding hydrogens is 270 g/mol. The Bertz CT molecular complexity index is 551. The van der Waals surface area contributed by atoms with Crippen LogP contribution in [0.3, 0.4) is 0 Å². The molecule has 0 aliphatic heterocycles. The van der Waals surface area contributed by atoms with Crippen LogP contribution in [0.2, 0.25) is 0 Å². The monoisotopic (exact) mass is 279 g/mol. The molecule has 0 bridgehead atoms. The van der Waals surface area contributed by atoms with E-state index in [4.69, 9.17) is 0 Å². The second kappa shape index (κ2) is 4.57. The first kappa shape index (κ1) is 11.0. The molecule has 0 unspecified atom stereocenters. The lowest BCUT2D eigenvalue weighted by atomic mass is 10.3. The van der Waals surface area contributed by atoms with Crippen LogP contribution >= 0.6 is 15.9 Å². The lowest BCUT2D eigenvalue weighted by Crippen LogP contribution is -2.22. The van der Waals surface area contributed by atoms with Crippen molar-refractivity contribution in [3.05, 3.63) is 56.9 Å². The maximum atomic E-state index is 11.8. The van der Waals surface area contributed by atoms with Crippen molar-refractivity contribution in [2.75, 3.05) is 0 Å². The van der Waals surface area contributed by atoms with Gasteiger partial charge in [-0.2, -0.15) is 0 Å². The van der Waals surface area contributed by atoms with Crippen molar-refractivity contribution in [1.82, 2.24) is 14.5 Å². The molecule has 4 nitrogen and oxygen atoms in total. The normalized spacial score (nSPS) is 10.4. The van der Waals surface area contributed by atoms with Gasteiger partial charge in [-0.1, -0.05) is 6.07 Å². The van der Waals surface area contributed by atoms with Crippen molar-refractivity contribution in [2.24, 2.45) is 0 Å². The summed E-state index contributed by atoms with van der Waals surface area (Å²) in [6.45, 7) is 2.28. The molecule has 82 valence electrons. The van der Waals surface area contributed by atoms with Crippen molar-refractivity contribution >= 4 is 15.9 Å². The minimum Gasteiger partial charge on any atom is -0.294 e. The van der Waals surface area contributed by atoms with Gasteiger partial charge < -0.3 is 0 Å². The Morgan fingerprint density at radius 1 is 1.50 bits per heavy atom. The highest BCUT2D eigenvalue weighted by molar-refractivity contribution is 9.10. The molecule has 2 aromatic rings. The third-order valence-electron chi connectivity index (χ3n) is 2.23. The number of aromatic nitrogens is 3. The van der Waals surface area contributed by atoms with Gasteiger partial charge in [0.2, 0.25) is 0 Å². The number of hydrogen-bond donors (Lipinski definition) is 0. The second-order valence-corrected chi connectivity index (χ2v) is 4.23. The Hall–Kier alpha value is -1.49. The van der Waals surface area contributed by atoms with Crippen LogP contribution in [0.5, 0.6) is 0 Å². The fraction of sp³-hybridized carbons (Fsp3) is 0.182. The largest absolute Gasteiger partial charge is 0.294 e. The van der Waals surface area contributed by atoms with Gasteiger partial charge in [0.25, 0.3) is 5.56 Å². The minimum absolute atomic E-state index is 0.0728. The molecule has 0 aromatic carbocycles. The van der Waals surface area contributed by atoms with Gasteiger partial charge in [-0.25, -0.2) is 4.98 Å². The van der Waals surface area contributed by atoms with Crippen LogP contribution in [-0.2, 0) is 6.54 Å². The maximum Gasteiger partial charge on any atom is 0.268 e. The average Bonchev–Trinajstić information content (AvgIpc) is 2.31. The molecule has 0 saturated heterocycles. The summed E-state index contributed by atoms with van der Waals surface area (Å²) < 4.78 is 2.06. The average molecular weight is 280 g/mol. The van der Waals surface area contributed by atoms with Gasteiger partial charge in [-0.15, -0.1) is 0 Å². The first-order chi connectivity index (χ1) is 7.68. The fourth-order valence-electron chi connectivity index (χ4n) is 1.35. The van der Waals surface area contributed by atoms with Crippen LogP contribution < -0.4 is 5.56 Å². The zero-order chi connectivity index (χ0) is 11.5. The van der Waals surface area contributed by atoms with Crippen LogP contribution in [0, 0.1) is 6.92 Å². The van der Waals surface area contributed by atoms with Crippen LogP contribution in [0.1, 0.15) is 11.3 Å². The van der Waals surface area contributed by atoms with Crippen LogP contribution in [0.25, 0.3) is 0 Å². The van der Waals surface area contributed by atoms with E-state index < -0.39 is 0 Å². The lowest BCUT2D eigenvalue weighted by Gasteiger charge is -2.06. The topological polar surface area (TPSA) is 47.8 Å². The number of pyridine rings is 1. The predicted molar refractivity (Wildman–Crippen MR) is 64.3 cm³/mol. The first-order valence-electron chi connectivity index (χ1n) is 4.79. The maximum absolute atomic E-state index is 11.8. The molecule has 0 aliphatic carbocycles. The summed E-state index contributed by atoms with van der Waals surface area (Å²) in [5.74, 6) is 0. The molecule has 0 saturated carbocycles. The third kappa shape index (κ3) is 2.19. The standard InChI is InChI=1S/C11H10BrN3O/c1-8-10(12)11(16)15(7-14-8)6-9-3-2-4-13-5-9/h2-5,7H,6H2,1H3. The van der Waals surface area contributed by atoms with E-state index >= 15 is 0 Å². The number of rotatable bonds is 2. The Kier molecular flexibility index (Phi) is 3.14. The fourth-order valence-corrected chi connectivity index (χ4v) is 1.68. The molecule has 2 heterocycles. The first-order valence-corrected chi connectivity index (χ1v) is 5.58. The summed E-state index contributed by atoms with van der Waals surface area (Å²) in [7, 11) is 0. The van der Waals surface area contributed by atoms with Crippen molar-refractivity contribution in [3.63, 3.8) is 0 Å². The number of hydrogen-bond acceptors (Lipinski definition) is 3. The van der Waals surface area contributed by atoms with Gasteiger partial charge in [0.15, 0.2) is 0 Å². The molecule has 0 N–H and O–H groups in total. The molecule has 0 aliphatic rings. The minimum atomic E-state index is -0.0728. The molecule has 0 atom stereocenters. The lowest BCUT2D eigenvalue weighted by molar-refractivity contribution is 0.722. The Morgan fingerprint density at radius 3 is 3.00 bits per heavy atom. The third-order valence-corrected chi connectivity index (χ3v) is 3.15. The van der Waals surface area contributed by atoms with Gasteiger partial charge in [0.1, 0.15) is 4.47 Å². The van der Waals surface area contributed by atoms with Crippen molar-refractivity contribution in [2.45, 2.75) is 13.5 Å². The number of aryl methyl sites for hydroxylation is 1. The zero-order valence-corrected chi connectivity index (χ0v) is 10.3. The Labute approximate surface area is 101 Å². The summed E-state index contributed by atoms with van der Waals surface area (Å²) in [5.41, 5.74) is 1.60. The second-order valence-electron chi connectivity index (χ2n) is 3.44. The van der Waals surface area contributed by atoms with E-state index in [1.165, 1.54) is 0 Å². The van der Waals surface area contributed by atoms with E-state index in [9.17, 15) is 4.79 Å². The van der Waals surface area contributed by atoms with E-state index in [1.807, 2.05) is 12.1 Å². The highest BCUT2D eigenvalue weighted by Gasteiger charge is 2.05. The van der Waals surface area contributed by atoms with Crippen molar-refractivity contribution < 1.29 is 0 Å². The van der Waals surface area contributed by atoms with E-state index in [2.05, 4.69) is 25.9 Å². The number of halogens is 1. The zero-order valence-electron chi connectivity index (χ0n) is 8.72. The summed E-state index contributed by atoms with van der Waals surface area (Å²) in [6, 6.07) is 3.77. The van der Waals surface area contributed by atoms with Crippen molar-refractivity contribution in [3.8, 4) is 0 Å².